The van der Waals surface area contributed by atoms with Crippen LogP contribution < -0.4 is 14.8 Å². The fourth-order valence-electron chi connectivity index (χ4n) is 2.85. The van der Waals surface area contributed by atoms with Crippen molar-refractivity contribution in [2.45, 2.75) is 6.92 Å². The van der Waals surface area contributed by atoms with Crippen molar-refractivity contribution in [1.82, 2.24) is 4.98 Å². The van der Waals surface area contributed by atoms with Crippen LogP contribution in [-0.4, -0.2) is 25.1 Å². The van der Waals surface area contributed by atoms with Gasteiger partial charge in [-0.3, -0.25) is 4.79 Å². The summed E-state index contributed by atoms with van der Waals surface area (Å²) in [7, 11) is 3.16. The Morgan fingerprint density at radius 1 is 1.00 bits per heavy atom. The fourth-order valence-corrected chi connectivity index (χ4v) is 4.77. The third kappa shape index (κ3) is 3.46. The minimum atomic E-state index is -0.160. The molecule has 0 bridgehead atoms. The fraction of sp³-hybridized carbons (Fsp3) is 0.143. The molecule has 0 spiro atoms. The zero-order valence-electron chi connectivity index (χ0n) is 15.6. The van der Waals surface area contributed by atoms with Gasteiger partial charge in [0.05, 0.1) is 34.2 Å². The third-order valence-corrected chi connectivity index (χ3v) is 6.60. The van der Waals surface area contributed by atoms with E-state index in [1.807, 2.05) is 43.3 Å². The highest BCUT2D eigenvalue weighted by Crippen LogP contribution is 2.36. The highest BCUT2D eigenvalue weighted by molar-refractivity contribution is 7.26. The Morgan fingerprint density at radius 3 is 2.50 bits per heavy atom. The predicted molar refractivity (Wildman–Crippen MR) is 115 cm³/mol. The largest absolute Gasteiger partial charge is 0.493 e. The topological polar surface area (TPSA) is 60.5 Å². The van der Waals surface area contributed by atoms with Crippen molar-refractivity contribution >= 4 is 44.5 Å². The average molecular weight is 411 g/mol. The minimum Gasteiger partial charge on any atom is -0.493 e. The smallest absolute Gasteiger partial charge is 0.265 e. The average Bonchev–Trinajstić information content (AvgIpc) is 3.36. The molecule has 2 heterocycles. The van der Waals surface area contributed by atoms with Crippen molar-refractivity contribution < 1.29 is 14.3 Å². The number of aromatic nitrogens is 1. The lowest BCUT2D eigenvalue weighted by atomic mass is 10.1. The SMILES string of the molecule is COc1cc(C)c(NC(=O)c2ccc(-c3nc4ccccc4s3)s2)cc1OC. The molecule has 1 N–H and O–H groups in total. The van der Waals surface area contributed by atoms with Gasteiger partial charge in [0.1, 0.15) is 5.01 Å². The number of thiophene rings is 1. The molecule has 0 unspecified atom stereocenters. The van der Waals surface area contributed by atoms with Crippen LogP contribution in [0, 0.1) is 6.92 Å². The van der Waals surface area contributed by atoms with E-state index < -0.39 is 0 Å². The summed E-state index contributed by atoms with van der Waals surface area (Å²) < 4.78 is 11.8. The van der Waals surface area contributed by atoms with Crippen LogP contribution in [0.3, 0.4) is 0 Å². The van der Waals surface area contributed by atoms with E-state index in [1.165, 1.54) is 11.3 Å². The zero-order chi connectivity index (χ0) is 19.7. The van der Waals surface area contributed by atoms with E-state index >= 15 is 0 Å². The van der Waals surface area contributed by atoms with Crippen LogP contribution in [0.5, 0.6) is 11.5 Å². The zero-order valence-corrected chi connectivity index (χ0v) is 17.2. The van der Waals surface area contributed by atoms with Crippen LogP contribution in [0.2, 0.25) is 0 Å². The number of rotatable bonds is 5. The Balaban J connectivity index is 1.58. The number of nitrogens with one attached hydrogen (secondary N) is 1. The first-order chi connectivity index (χ1) is 13.6. The van der Waals surface area contributed by atoms with E-state index in [0.29, 0.717) is 22.1 Å². The Labute approximate surface area is 170 Å². The van der Waals surface area contributed by atoms with Gasteiger partial charge in [-0.05, 0) is 42.8 Å². The number of para-hydroxylation sites is 1. The Bertz CT molecular complexity index is 1130. The molecule has 142 valence electrons. The van der Waals surface area contributed by atoms with Gasteiger partial charge >= 0.3 is 0 Å². The first-order valence-electron chi connectivity index (χ1n) is 8.59. The second-order valence-corrected chi connectivity index (χ2v) is 8.24. The molecule has 4 rings (SSSR count). The molecule has 2 aromatic heterocycles. The molecule has 0 fully saturated rings. The van der Waals surface area contributed by atoms with Crippen LogP contribution in [0.25, 0.3) is 20.1 Å². The van der Waals surface area contributed by atoms with E-state index in [0.717, 1.165) is 25.7 Å². The van der Waals surface area contributed by atoms with Crippen LogP contribution in [0.1, 0.15) is 15.2 Å². The Kier molecular flexibility index (Phi) is 5.02. The van der Waals surface area contributed by atoms with Gasteiger partial charge in [0, 0.05) is 11.8 Å². The molecule has 7 heteroatoms. The monoisotopic (exact) mass is 410 g/mol. The van der Waals surface area contributed by atoms with Gasteiger partial charge in [-0.2, -0.15) is 0 Å². The van der Waals surface area contributed by atoms with Crippen molar-refractivity contribution in [1.29, 1.82) is 0 Å². The molecule has 4 aromatic rings. The standard InChI is InChI=1S/C21H18N2O3S2/c1-12-10-15(25-2)16(26-3)11-14(12)22-20(24)18-8-9-19(27-18)21-23-13-6-4-5-7-17(13)28-21/h4-11H,1-3H3,(H,22,24). The first kappa shape index (κ1) is 18.5. The molecular weight excluding hydrogens is 392 g/mol. The molecule has 0 aliphatic heterocycles. The number of ether oxygens (including phenoxy) is 2. The van der Waals surface area contributed by atoms with Gasteiger partial charge in [0.2, 0.25) is 0 Å². The summed E-state index contributed by atoms with van der Waals surface area (Å²) in [6.45, 7) is 1.92. The summed E-state index contributed by atoms with van der Waals surface area (Å²) in [5.41, 5.74) is 2.56. The second kappa shape index (κ2) is 7.61. The van der Waals surface area contributed by atoms with E-state index in [2.05, 4.69) is 16.4 Å². The van der Waals surface area contributed by atoms with Crippen molar-refractivity contribution in [3.05, 3.63) is 59.0 Å². The normalized spacial score (nSPS) is 10.8. The van der Waals surface area contributed by atoms with Crippen molar-refractivity contribution in [2.24, 2.45) is 0 Å². The lowest BCUT2D eigenvalue weighted by Crippen LogP contribution is -2.11. The molecule has 0 radical (unpaired) electrons. The number of nitrogens with zero attached hydrogens (tertiary/aromatic N) is 1. The number of anilines is 1. The molecular formula is C21H18N2O3S2. The number of benzene rings is 2. The van der Waals surface area contributed by atoms with E-state index in [-0.39, 0.29) is 5.91 Å². The summed E-state index contributed by atoms with van der Waals surface area (Å²) in [5.74, 6) is 1.05. The van der Waals surface area contributed by atoms with Crippen molar-refractivity contribution in [3.8, 4) is 21.4 Å². The van der Waals surface area contributed by atoms with E-state index in [9.17, 15) is 4.79 Å². The lowest BCUT2D eigenvalue weighted by Gasteiger charge is -2.13. The van der Waals surface area contributed by atoms with Crippen LogP contribution in [0.4, 0.5) is 5.69 Å². The highest BCUT2D eigenvalue weighted by atomic mass is 32.1. The van der Waals surface area contributed by atoms with Crippen molar-refractivity contribution in [3.63, 3.8) is 0 Å². The quantitative estimate of drug-likeness (QED) is 0.465. The summed E-state index contributed by atoms with van der Waals surface area (Å²) >= 11 is 3.06. The number of hydrogen-bond acceptors (Lipinski definition) is 6. The van der Waals surface area contributed by atoms with Gasteiger partial charge in [-0.15, -0.1) is 22.7 Å². The molecule has 0 atom stereocenters. The van der Waals surface area contributed by atoms with Crippen LogP contribution >= 0.6 is 22.7 Å². The third-order valence-electron chi connectivity index (χ3n) is 4.31. The number of amides is 1. The highest BCUT2D eigenvalue weighted by Gasteiger charge is 2.16. The minimum absolute atomic E-state index is 0.160. The summed E-state index contributed by atoms with van der Waals surface area (Å²) in [6.07, 6.45) is 0. The van der Waals surface area contributed by atoms with Crippen molar-refractivity contribution in [2.75, 3.05) is 19.5 Å². The number of thiazole rings is 1. The molecule has 1 amide bonds. The molecule has 2 aromatic carbocycles. The van der Waals surface area contributed by atoms with E-state index in [1.54, 1.807) is 31.6 Å². The number of carbonyl (C=O) groups excluding carboxylic acids is 1. The summed E-state index contributed by atoms with van der Waals surface area (Å²) in [6, 6.07) is 15.4. The van der Waals surface area contributed by atoms with Crippen LogP contribution in [-0.2, 0) is 0 Å². The number of aryl methyl sites for hydroxylation is 1. The number of carbonyl (C=O) groups is 1. The molecule has 0 saturated carbocycles. The number of hydrogen-bond donors (Lipinski definition) is 1. The molecule has 5 nitrogen and oxygen atoms in total. The van der Waals surface area contributed by atoms with Gasteiger partial charge in [-0.25, -0.2) is 4.98 Å². The lowest BCUT2D eigenvalue weighted by molar-refractivity contribution is 0.103. The second-order valence-electron chi connectivity index (χ2n) is 6.13. The van der Waals surface area contributed by atoms with Gasteiger partial charge in [0.15, 0.2) is 11.5 Å². The molecule has 28 heavy (non-hydrogen) atoms. The van der Waals surface area contributed by atoms with Gasteiger partial charge in [-0.1, -0.05) is 12.1 Å². The first-order valence-corrected chi connectivity index (χ1v) is 10.2. The van der Waals surface area contributed by atoms with E-state index in [4.69, 9.17) is 9.47 Å². The maximum atomic E-state index is 12.7. The maximum Gasteiger partial charge on any atom is 0.265 e. The summed E-state index contributed by atoms with van der Waals surface area (Å²) in [5, 5.41) is 3.89. The van der Waals surface area contributed by atoms with Gasteiger partial charge in [0.25, 0.3) is 5.91 Å². The maximum absolute atomic E-state index is 12.7. The molecule has 0 aliphatic carbocycles. The predicted octanol–water partition coefficient (Wildman–Crippen LogP) is 5.60. The number of methoxy groups -OCH3 is 2. The molecule has 0 saturated heterocycles. The van der Waals surface area contributed by atoms with Crippen LogP contribution in [0.15, 0.2) is 48.5 Å². The molecule has 0 aliphatic rings. The van der Waals surface area contributed by atoms with Gasteiger partial charge < -0.3 is 14.8 Å². The Hall–Kier alpha value is -2.90. The summed E-state index contributed by atoms with van der Waals surface area (Å²) in [4.78, 5) is 19.0. The Morgan fingerprint density at radius 2 is 1.75 bits per heavy atom. The number of fused-ring (bicyclic) bond motifs is 1.